The van der Waals surface area contributed by atoms with Gasteiger partial charge in [0.2, 0.25) is 5.91 Å². The maximum atomic E-state index is 12.0. The van der Waals surface area contributed by atoms with Crippen LogP contribution >= 0.6 is 0 Å². The molecule has 7 heteroatoms. The van der Waals surface area contributed by atoms with Crippen molar-refractivity contribution in [1.82, 2.24) is 15.0 Å². The number of amides is 1. The van der Waals surface area contributed by atoms with E-state index in [0.717, 1.165) is 11.3 Å². The highest BCUT2D eigenvalue weighted by Gasteiger charge is 2.08. The SMILES string of the molecule is CCOCc1ccccc1NC(=O)Cn1cc(CN)nn1. The van der Waals surface area contributed by atoms with Crippen molar-refractivity contribution in [1.29, 1.82) is 0 Å². The van der Waals surface area contributed by atoms with Crippen molar-refractivity contribution in [3.63, 3.8) is 0 Å². The monoisotopic (exact) mass is 289 g/mol. The fourth-order valence-corrected chi connectivity index (χ4v) is 1.83. The van der Waals surface area contributed by atoms with Crippen molar-refractivity contribution in [2.75, 3.05) is 11.9 Å². The molecule has 0 spiro atoms. The Morgan fingerprint density at radius 3 is 2.95 bits per heavy atom. The van der Waals surface area contributed by atoms with E-state index in [4.69, 9.17) is 10.5 Å². The second-order valence-corrected chi connectivity index (χ2v) is 4.45. The molecule has 3 N–H and O–H groups in total. The lowest BCUT2D eigenvalue weighted by molar-refractivity contribution is -0.116. The molecule has 0 atom stereocenters. The molecule has 0 aliphatic carbocycles. The van der Waals surface area contributed by atoms with Crippen LogP contribution in [0.2, 0.25) is 0 Å². The van der Waals surface area contributed by atoms with Gasteiger partial charge in [0.15, 0.2) is 0 Å². The summed E-state index contributed by atoms with van der Waals surface area (Å²) in [6.07, 6.45) is 1.66. The molecule has 7 nitrogen and oxygen atoms in total. The van der Waals surface area contributed by atoms with Crippen LogP contribution in [-0.2, 0) is 29.2 Å². The Morgan fingerprint density at radius 2 is 2.24 bits per heavy atom. The van der Waals surface area contributed by atoms with Gasteiger partial charge in [0.1, 0.15) is 6.54 Å². The molecular weight excluding hydrogens is 270 g/mol. The van der Waals surface area contributed by atoms with E-state index in [2.05, 4.69) is 15.6 Å². The molecule has 21 heavy (non-hydrogen) atoms. The normalized spacial score (nSPS) is 10.6. The van der Waals surface area contributed by atoms with Crippen LogP contribution in [0.25, 0.3) is 0 Å². The topological polar surface area (TPSA) is 95.1 Å². The maximum absolute atomic E-state index is 12.0. The molecule has 1 amide bonds. The molecule has 1 aromatic carbocycles. The standard InChI is InChI=1S/C14H19N5O2/c1-2-21-10-11-5-3-4-6-13(11)16-14(20)9-19-8-12(7-15)17-18-19/h3-6,8H,2,7,9-10,15H2,1H3,(H,16,20). The van der Waals surface area contributed by atoms with Crippen LogP contribution in [0.3, 0.4) is 0 Å². The summed E-state index contributed by atoms with van der Waals surface area (Å²) >= 11 is 0. The van der Waals surface area contributed by atoms with Crippen LogP contribution < -0.4 is 11.1 Å². The Bertz CT molecular complexity index is 597. The number of hydrogen-bond donors (Lipinski definition) is 2. The zero-order chi connectivity index (χ0) is 15.1. The molecule has 0 bridgehead atoms. The molecule has 0 fully saturated rings. The summed E-state index contributed by atoms with van der Waals surface area (Å²) in [5, 5.41) is 10.5. The van der Waals surface area contributed by atoms with Crippen molar-refractivity contribution < 1.29 is 9.53 Å². The van der Waals surface area contributed by atoms with Gasteiger partial charge in [0, 0.05) is 24.4 Å². The number of nitrogens with one attached hydrogen (secondary N) is 1. The molecule has 1 heterocycles. The molecular formula is C14H19N5O2. The van der Waals surface area contributed by atoms with Crippen LogP contribution in [0.4, 0.5) is 5.69 Å². The first-order chi connectivity index (χ1) is 10.2. The van der Waals surface area contributed by atoms with Gasteiger partial charge in [-0.1, -0.05) is 23.4 Å². The molecule has 2 rings (SSSR count). The number of para-hydroxylation sites is 1. The number of ether oxygens (including phenoxy) is 1. The molecule has 0 aliphatic heterocycles. The summed E-state index contributed by atoms with van der Waals surface area (Å²) < 4.78 is 6.85. The third kappa shape index (κ3) is 4.37. The Hall–Kier alpha value is -2.25. The number of anilines is 1. The summed E-state index contributed by atoms with van der Waals surface area (Å²) in [6, 6.07) is 7.55. The zero-order valence-electron chi connectivity index (χ0n) is 12.0. The highest BCUT2D eigenvalue weighted by atomic mass is 16.5. The van der Waals surface area contributed by atoms with E-state index in [0.29, 0.717) is 25.5 Å². The number of nitrogens with two attached hydrogens (primary N) is 1. The van der Waals surface area contributed by atoms with Crippen molar-refractivity contribution in [3.05, 3.63) is 41.7 Å². The Balaban J connectivity index is 1.98. The van der Waals surface area contributed by atoms with E-state index < -0.39 is 0 Å². The van der Waals surface area contributed by atoms with Crippen LogP contribution in [0.15, 0.2) is 30.5 Å². The molecule has 112 valence electrons. The Morgan fingerprint density at radius 1 is 1.43 bits per heavy atom. The van der Waals surface area contributed by atoms with Gasteiger partial charge in [0.25, 0.3) is 0 Å². The summed E-state index contributed by atoms with van der Waals surface area (Å²) in [5.41, 5.74) is 7.79. The number of carbonyl (C=O) groups excluding carboxylic acids is 1. The second kappa shape index (κ2) is 7.51. The predicted octanol–water partition coefficient (Wildman–Crippen LogP) is 0.912. The summed E-state index contributed by atoms with van der Waals surface area (Å²) in [5.74, 6) is -0.174. The van der Waals surface area contributed by atoms with Gasteiger partial charge >= 0.3 is 0 Å². The molecule has 0 saturated carbocycles. The molecule has 0 unspecified atom stereocenters. The van der Waals surface area contributed by atoms with Crippen LogP contribution in [0.1, 0.15) is 18.2 Å². The number of nitrogens with zero attached hydrogens (tertiary/aromatic N) is 3. The first-order valence-corrected chi connectivity index (χ1v) is 6.77. The van der Waals surface area contributed by atoms with Gasteiger partial charge in [0.05, 0.1) is 18.5 Å². The molecule has 2 aromatic rings. The molecule has 1 aromatic heterocycles. The summed E-state index contributed by atoms with van der Waals surface area (Å²) in [7, 11) is 0. The molecule has 0 aliphatic rings. The second-order valence-electron chi connectivity index (χ2n) is 4.45. The quantitative estimate of drug-likeness (QED) is 0.790. The smallest absolute Gasteiger partial charge is 0.246 e. The van der Waals surface area contributed by atoms with Gasteiger partial charge in [-0.05, 0) is 13.0 Å². The first kappa shape index (κ1) is 15.1. The average molecular weight is 289 g/mol. The first-order valence-electron chi connectivity index (χ1n) is 6.77. The predicted molar refractivity (Wildman–Crippen MR) is 78.3 cm³/mol. The lowest BCUT2D eigenvalue weighted by Crippen LogP contribution is -2.20. The van der Waals surface area contributed by atoms with E-state index in [1.807, 2.05) is 31.2 Å². The van der Waals surface area contributed by atoms with Crippen molar-refractivity contribution >= 4 is 11.6 Å². The van der Waals surface area contributed by atoms with Gasteiger partial charge in [-0.3, -0.25) is 4.79 Å². The Kier molecular flexibility index (Phi) is 5.42. The van der Waals surface area contributed by atoms with Crippen molar-refractivity contribution in [2.45, 2.75) is 26.6 Å². The minimum absolute atomic E-state index is 0.0932. The lowest BCUT2D eigenvalue weighted by Gasteiger charge is -2.10. The van der Waals surface area contributed by atoms with E-state index >= 15 is 0 Å². The third-order valence-electron chi connectivity index (χ3n) is 2.85. The van der Waals surface area contributed by atoms with Gasteiger partial charge in [-0.25, -0.2) is 4.68 Å². The van der Waals surface area contributed by atoms with Crippen LogP contribution in [0.5, 0.6) is 0 Å². The Labute approximate surface area is 123 Å². The number of aromatic nitrogens is 3. The minimum Gasteiger partial charge on any atom is -0.377 e. The van der Waals surface area contributed by atoms with Crippen LogP contribution in [-0.4, -0.2) is 27.5 Å². The fourth-order valence-electron chi connectivity index (χ4n) is 1.83. The van der Waals surface area contributed by atoms with Crippen molar-refractivity contribution in [2.24, 2.45) is 5.73 Å². The van der Waals surface area contributed by atoms with Gasteiger partial charge < -0.3 is 15.8 Å². The van der Waals surface area contributed by atoms with E-state index in [-0.39, 0.29) is 12.5 Å². The molecule has 0 saturated heterocycles. The third-order valence-corrected chi connectivity index (χ3v) is 2.85. The fraction of sp³-hybridized carbons (Fsp3) is 0.357. The highest BCUT2D eigenvalue weighted by Crippen LogP contribution is 2.16. The highest BCUT2D eigenvalue weighted by molar-refractivity contribution is 5.91. The van der Waals surface area contributed by atoms with E-state index in [9.17, 15) is 4.79 Å². The van der Waals surface area contributed by atoms with Gasteiger partial charge in [-0.2, -0.15) is 0 Å². The summed E-state index contributed by atoms with van der Waals surface area (Å²) in [6.45, 7) is 3.42. The minimum atomic E-state index is -0.174. The van der Waals surface area contributed by atoms with Crippen LogP contribution in [0, 0.1) is 0 Å². The lowest BCUT2D eigenvalue weighted by atomic mass is 10.2. The average Bonchev–Trinajstić information content (AvgIpc) is 2.94. The van der Waals surface area contributed by atoms with Gasteiger partial charge in [-0.15, -0.1) is 5.10 Å². The number of benzene rings is 1. The number of carbonyl (C=O) groups is 1. The largest absolute Gasteiger partial charge is 0.377 e. The number of rotatable bonds is 7. The zero-order valence-corrected chi connectivity index (χ0v) is 12.0. The van der Waals surface area contributed by atoms with Crippen molar-refractivity contribution in [3.8, 4) is 0 Å². The molecule has 0 radical (unpaired) electrons. The van der Waals surface area contributed by atoms with E-state index in [1.165, 1.54) is 4.68 Å². The summed E-state index contributed by atoms with van der Waals surface area (Å²) in [4.78, 5) is 12.0. The number of hydrogen-bond acceptors (Lipinski definition) is 5. The maximum Gasteiger partial charge on any atom is 0.246 e. The van der Waals surface area contributed by atoms with E-state index in [1.54, 1.807) is 6.20 Å².